The molecule has 0 aromatic heterocycles. The fourth-order valence-electron chi connectivity index (χ4n) is 2.78. The molecule has 120 valence electrons. The number of piperidine rings is 1. The van der Waals surface area contributed by atoms with Crippen LogP contribution in [0.15, 0.2) is 0 Å². The van der Waals surface area contributed by atoms with Crippen LogP contribution < -0.4 is 5.32 Å². The van der Waals surface area contributed by atoms with Gasteiger partial charge in [0.1, 0.15) is 0 Å². The van der Waals surface area contributed by atoms with Gasteiger partial charge in [-0.15, -0.1) is 0 Å². The molecule has 2 atom stereocenters. The summed E-state index contributed by atoms with van der Waals surface area (Å²) in [4.78, 5) is 1.95. The number of aliphatic hydroxyl groups is 1. The standard InChI is InChI=1S/C13H29N3O3S/c1-13(17,11-15(2)3)10-14-8-12-6-5-7-16(9-12)20(4,18)19/h12,14,17H,5-11H2,1-4H3. The van der Waals surface area contributed by atoms with Crippen molar-refractivity contribution >= 4 is 10.0 Å². The first-order valence-electron chi connectivity index (χ1n) is 7.13. The van der Waals surface area contributed by atoms with Crippen molar-refractivity contribution < 1.29 is 13.5 Å². The Morgan fingerprint density at radius 1 is 1.45 bits per heavy atom. The lowest BCUT2D eigenvalue weighted by Crippen LogP contribution is -2.48. The molecule has 2 unspecified atom stereocenters. The maximum atomic E-state index is 11.5. The van der Waals surface area contributed by atoms with Gasteiger partial charge in [0.05, 0.1) is 11.9 Å². The topological polar surface area (TPSA) is 72.9 Å². The van der Waals surface area contributed by atoms with Gasteiger partial charge < -0.3 is 15.3 Å². The summed E-state index contributed by atoms with van der Waals surface area (Å²) in [6.07, 6.45) is 3.22. The first-order chi connectivity index (χ1) is 9.10. The van der Waals surface area contributed by atoms with E-state index >= 15 is 0 Å². The van der Waals surface area contributed by atoms with Crippen molar-refractivity contribution in [3.05, 3.63) is 0 Å². The molecule has 0 spiro atoms. The van der Waals surface area contributed by atoms with Crippen molar-refractivity contribution in [2.24, 2.45) is 5.92 Å². The highest BCUT2D eigenvalue weighted by molar-refractivity contribution is 7.88. The van der Waals surface area contributed by atoms with Crippen LogP contribution in [0.2, 0.25) is 0 Å². The van der Waals surface area contributed by atoms with Gasteiger partial charge in [-0.1, -0.05) is 0 Å². The van der Waals surface area contributed by atoms with Gasteiger partial charge in [0.2, 0.25) is 10.0 Å². The van der Waals surface area contributed by atoms with Crippen molar-refractivity contribution in [3.8, 4) is 0 Å². The third-order valence-electron chi connectivity index (χ3n) is 3.55. The molecule has 6 nitrogen and oxygen atoms in total. The highest BCUT2D eigenvalue weighted by Gasteiger charge is 2.26. The van der Waals surface area contributed by atoms with E-state index in [4.69, 9.17) is 0 Å². The van der Waals surface area contributed by atoms with E-state index in [0.717, 1.165) is 19.4 Å². The molecule has 0 amide bonds. The number of hydrogen-bond acceptors (Lipinski definition) is 5. The Bertz CT molecular complexity index is 396. The SMILES string of the molecule is CN(C)CC(C)(O)CNCC1CCCN(S(C)(=O)=O)C1. The normalized spacial score (nSPS) is 24.8. The number of nitrogens with one attached hydrogen (secondary N) is 1. The van der Waals surface area contributed by atoms with Gasteiger partial charge in [0.25, 0.3) is 0 Å². The molecule has 0 radical (unpaired) electrons. The van der Waals surface area contributed by atoms with Crippen LogP contribution in [-0.4, -0.2) is 81.4 Å². The summed E-state index contributed by atoms with van der Waals surface area (Å²) in [5, 5.41) is 13.5. The lowest BCUT2D eigenvalue weighted by molar-refractivity contribution is 0.0326. The van der Waals surface area contributed by atoms with E-state index in [-0.39, 0.29) is 0 Å². The summed E-state index contributed by atoms with van der Waals surface area (Å²) in [6, 6.07) is 0. The van der Waals surface area contributed by atoms with Gasteiger partial charge in [0.15, 0.2) is 0 Å². The van der Waals surface area contributed by atoms with Crippen LogP contribution in [0.1, 0.15) is 19.8 Å². The molecule has 0 saturated carbocycles. The van der Waals surface area contributed by atoms with Crippen LogP contribution in [0.3, 0.4) is 0 Å². The van der Waals surface area contributed by atoms with Crippen molar-refractivity contribution in [1.29, 1.82) is 0 Å². The van der Waals surface area contributed by atoms with E-state index in [1.165, 1.54) is 6.26 Å². The molecule has 0 aliphatic carbocycles. The first-order valence-corrected chi connectivity index (χ1v) is 8.98. The Morgan fingerprint density at radius 3 is 2.65 bits per heavy atom. The maximum absolute atomic E-state index is 11.5. The lowest BCUT2D eigenvalue weighted by atomic mass is 9.99. The van der Waals surface area contributed by atoms with E-state index in [1.807, 2.05) is 25.9 Å². The van der Waals surface area contributed by atoms with E-state index in [9.17, 15) is 13.5 Å². The third-order valence-corrected chi connectivity index (χ3v) is 4.82. The van der Waals surface area contributed by atoms with Gasteiger partial charge in [-0.25, -0.2) is 12.7 Å². The number of nitrogens with zero attached hydrogens (tertiary/aromatic N) is 2. The molecule has 7 heteroatoms. The van der Waals surface area contributed by atoms with Gasteiger partial charge in [-0.3, -0.25) is 0 Å². The molecule has 20 heavy (non-hydrogen) atoms. The van der Waals surface area contributed by atoms with Crippen LogP contribution in [0.4, 0.5) is 0 Å². The lowest BCUT2D eigenvalue weighted by Gasteiger charge is -2.32. The summed E-state index contributed by atoms with van der Waals surface area (Å²) < 4.78 is 24.6. The fourth-order valence-corrected chi connectivity index (χ4v) is 3.72. The Morgan fingerprint density at radius 2 is 2.10 bits per heavy atom. The number of likely N-dealkylation sites (N-methyl/N-ethyl adjacent to an activating group) is 1. The van der Waals surface area contributed by atoms with Gasteiger partial charge in [-0.05, 0) is 46.3 Å². The van der Waals surface area contributed by atoms with Crippen LogP contribution in [0.5, 0.6) is 0 Å². The smallest absolute Gasteiger partial charge is 0.211 e. The van der Waals surface area contributed by atoms with Crippen molar-refractivity contribution in [2.75, 3.05) is 53.1 Å². The zero-order valence-corrected chi connectivity index (χ0v) is 13.9. The molecule has 0 aromatic rings. The zero-order valence-electron chi connectivity index (χ0n) is 13.1. The van der Waals surface area contributed by atoms with Crippen molar-refractivity contribution in [2.45, 2.75) is 25.4 Å². The number of sulfonamides is 1. The summed E-state index contributed by atoms with van der Waals surface area (Å²) in [6.45, 7) is 4.88. The molecule has 1 aliphatic heterocycles. The van der Waals surface area contributed by atoms with Crippen LogP contribution in [-0.2, 0) is 10.0 Å². The minimum Gasteiger partial charge on any atom is -0.388 e. The highest BCUT2D eigenvalue weighted by Crippen LogP contribution is 2.18. The summed E-state index contributed by atoms with van der Waals surface area (Å²) in [7, 11) is 0.782. The van der Waals surface area contributed by atoms with Gasteiger partial charge in [-0.2, -0.15) is 0 Å². The zero-order chi connectivity index (χ0) is 15.4. The van der Waals surface area contributed by atoms with Crippen LogP contribution in [0, 0.1) is 5.92 Å². The van der Waals surface area contributed by atoms with E-state index in [2.05, 4.69) is 5.32 Å². The van der Waals surface area contributed by atoms with Gasteiger partial charge in [0, 0.05) is 26.2 Å². The predicted molar refractivity (Wildman–Crippen MR) is 81.2 cm³/mol. The summed E-state index contributed by atoms with van der Waals surface area (Å²) >= 11 is 0. The molecule has 0 aromatic carbocycles. The Hall–Kier alpha value is -0.210. The largest absolute Gasteiger partial charge is 0.388 e. The molecule has 0 bridgehead atoms. The fraction of sp³-hybridized carbons (Fsp3) is 1.00. The summed E-state index contributed by atoms with van der Waals surface area (Å²) in [5.74, 6) is 0.327. The van der Waals surface area contributed by atoms with E-state index in [0.29, 0.717) is 32.1 Å². The molecule has 1 fully saturated rings. The van der Waals surface area contributed by atoms with Crippen LogP contribution >= 0.6 is 0 Å². The minimum atomic E-state index is -3.08. The molecule has 1 heterocycles. The first kappa shape index (κ1) is 17.8. The van der Waals surface area contributed by atoms with E-state index in [1.54, 1.807) is 4.31 Å². The molecular weight excluding hydrogens is 278 g/mol. The second kappa shape index (κ2) is 7.17. The second-order valence-electron chi connectivity index (χ2n) is 6.49. The van der Waals surface area contributed by atoms with E-state index < -0.39 is 15.6 Å². The molecule has 1 aliphatic rings. The number of rotatable bonds is 7. The molecule has 2 N–H and O–H groups in total. The molecular formula is C13H29N3O3S. The highest BCUT2D eigenvalue weighted by atomic mass is 32.2. The summed E-state index contributed by atoms with van der Waals surface area (Å²) in [5.41, 5.74) is -0.769. The Labute approximate surface area is 123 Å². The average molecular weight is 307 g/mol. The molecule has 1 rings (SSSR count). The Kier molecular flexibility index (Phi) is 6.40. The minimum absolute atomic E-state index is 0.327. The Balaban J connectivity index is 2.35. The van der Waals surface area contributed by atoms with Gasteiger partial charge >= 0.3 is 0 Å². The molecule has 1 saturated heterocycles. The maximum Gasteiger partial charge on any atom is 0.211 e. The third kappa shape index (κ3) is 6.49. The average Bonchev–Trinajstić information content (AvgIpc) is 2.26. The van der Waals surface area contributed by atoms with Crippen LogP contribution in [0.25, 0.3) is 0 Å². The van der Waals surface area contributed by atoms with Crippen molar-refractivity contribution in [3.63, 3.8) is 0 Å². The van der Waals surface area contributed by atoms with Crippen molar-refractivity contribution in [1.82, 2.24) is 14.5 Å². The number of hydrogen-bond donors (Lipinski definition) is 2. The second-order valence-corrected chi connectivity index (χ2v) is 8.48. The predicted octanol–water partition coefficient (Wildman–Crippen LogP) is -0.440. The monoisotopic (exact) mass is 307 g/mol. The quantitative estimate of drug-likeness (QED) is 0.667.